The Hall–Kier alpha value is -3.39. The van der Waals surface area contributed by atoms with E-state index in [1.165, 1.54) is 25.1 Å². The summed E-state index contributed by atoms with van der Waals surface area (Å²) in [4.78, 5) is 18.5. The van der Waals surface area contributed by atoms with Crippen molar-refractivity contribution in [2.75, 3.05) is 0 Å². The number of nitriles is 1. The van der Waals surface area contributed by atoms with Crippen LogP contribution in [0.4, 0.5) is 13.2 Å². The summed E-state index contributed by atoms with van der Waals surface area (Å²) in [5, 5.41) is 28.7. The van der Waals surface area contributed by atoms with E-state index in [0.717, 1.165) is 31.5 Å². The molecule has 2 unspecified atom stereocenters. The zero-order valence-electron chi connectivity index (χ0n) is 18.1. The van der Waals surface area contributed by atoms with E-state index in [-0.39, 0.29) is 44.1 Å². The van der Waals surface area contributed by atoms with Crippen LogP contribution in [0.25, 0.3) is 0 Å². The van der Waals surface area contributed by atoms with Crippen LogP contribution in [0.2, 0.25) is 10.0 Å². The van der Waals surface area contributed by atoms with Crippen molar-refractivity contribution in [3.63, 3.8) is 0 Å². The summed E-state index contributed by atoms with van der Waals surface area (Å²) in [6.45, 7) is 2.57. The van der Waals surface area contributed by atoms with Crippen molar-refractivity contribution >= 4 is 29.2 Å². The topological polar surface area (TPSA) is 116 Å². The van der Waals surface area contributed by atoms with E-state index >= 15 is 0 Å². The Kier molecular flexibility index (Phi) is 7.26. The maximum atomic E-state index is 14.2. The number of pyridine rings is 2. The third kappa shape index (κ3) is 5.03. The standard InChI is InChI=1S/C23H16Cl2F3N3O4/c1-11-5-14(10-30-19(11)8-29)22(34,23(26,27)28)12(2)16-4-3-15(7-17(16)24)35-20-18(25)6-13(9-31-20)21(32)33/h3-7,9-10,12,34H,1-2H3,(H,32,33). The number of halogens is 5. The van der Waals surface area contributed by atoms with Gasteiger partial charge in [-0.3, -0.25) is 0 Å². The number of carbonyl (C=O) groups is 1. The molecule has 0 radical (unpaired) electrons. The highest BCUT2D eigenvalue weighted by atomic mass is 35.5. The van der Waals surface area contributed by atoms with Crippen LogP contribution in [0.15, 0.2) is 42.7 Å². The van der Waals surface area contributed by atoms with Crippen LogP contribution in [-0.2, 0) is 5.60 Å². The van der Waals surface area contributed by atoms with Crippen molar-refractivity contribution < 1.29 is 32.9 Å². The fourth-order valence-corrected chi connectivity index (χ4v) is 3.98. The van der Waals surface area contributed by atoms with Crippen molar-refractivity contribution in [3.8, 4) is 17.7 Å². The normalized spacial score (nSPS) is 14.0. The molecule has 0 saturated carbocycles. The monoisotopic (exact) mass is 525 g/mol. The largest absolute Gasteiger partial charge is 0.478 e. The first kappa shape index (κ1) is 26.2. The van der Waals surface area contributed by atoms with Gasteiger partial charge in [0.1, 0.15) is 22.5 Å². The number of benzene rings is 1. The highest BCUT2D eigenvalue weighted by Crippen LogP contribution is 2.50. The minimum atomic E-state index is -5.11. The third-order valence-electron chi connectivity index (χ3n) is 5.39. The maximum absolute atomic E-state index is 14.2. The molecule has 0 aliphatic heterocycles. The number of hydrogen-bond donors (Lipinski definition) is 2. The lowest BCUT2D eigenvalue weighted by Gasteiger charge is -2.37. The van der Waals surface area contributed by atoms with Crippen molar-refractivity contribution in [2.45, 2.75) is 31.5 Å². The molecule has 0 spiro atoms. The molecule has 0 saturated heterocycles. The minimum absolute atomic E-state index is 0.0406. The molecular weight excluding hydrogens is 510 g/mol. The SMILES string of the molecule is Cc1cc(C(O)(C(C)c2ccc(Oc3ncc(C(=O)O)cc3Cl)cc2Cl)C(F)(F)F)cnc1C#N. The lowest BCUT2D eigenvalue weighted by molar-refractivity contribution is -0.274. The Labute approximate surface area is 207 Å². The van der Waals surface area contributed by atoms with Crippen molar-refractivity contribution in [2.24, 2.45) is 0 Å². The van der Waals surface area contributed by atoms with Crippen molar-refractivity contribution in [1.29, 1.82) is 5.26 Å². The average Bonchev–Trinajstić information content (AvgIpc) is 2.78. The van der Waals surface area contributed by atoms with Gasteiger partial charge in [0, 0.05) is 28.9 Å². The molecule has 0 aliphatic carbocycles. The fraction of sp³-hybridized carbons (Fsp3) is 0.217. The van der Waals surface area contributed by atoms with Gasteiger partial charge in [0.05, 0.1) is 5.56 Å². The number of rotatable bonds is 6. The molecule has 2 atom stereocenters. The third-order valence-corrected chi connectivity index (χ3v) is 5.99. The Morgan fingerprint density at radius 1 is 1.14 bits per heavy atom. The highest BCUT2D eigenvalue weighted by molar-refractivity contribution is 6.32. The summed E-state index contributed by atoms with van der Waals surface area (Å²) in [6.07, 6.45) is -3.27. The van der Waals surface area contributed by atoms with E-state index in [2.05, 4.69) is 9.97 Å². The van der Waals surface area contributed by atoms with E-state index in [4.69, 9.17) is 38.3 Å². The molecule has 12 heteroatoms. The summed E-state index contributed by atoms with van der Waals surface area (Å²) < 4.78 is 48.1. The molecule has 0 amide bonds. The first-order chi connectivity index (χ1) is 16.3. The molecule has 0 aliphatic rings. The predicted octanol–water partition coefficient (Wildman–Crippen LogP) is 6.01. The number of carboxylic acids is 1. The molecule has 2 N–H and O–H groups in total. The first-order valence-electron chi connectivity index (χ1n) is 9.82. The summed E-state index contributed by atoms with van der Waals surface area (Å²) in [5.74, 6) is -2.90. The molecule has 182 valence electrons. The molecule has 0 fully saturated rings. The lowest BCUT2D eigenvalue weighted by Crippen LogP contribution is -2.46. The van der Waals surface area contributed by atoms with Crippen LogP contribution >= 0.6 is 23.2 Å². The minimum Gasteiger partial charge on any atom is -0.478 e. The number of alkyl halides is 3. The first-order valence-corrected chi connectivity index (χ1v) is 10.6. The number of aromatic nitrogens is 2. The number of aliphatic hydroxyl groups is 1. The van der Waals surface area contributed by atoms with Crippen LogP contribution in [0.3, 0.4) is 0 Å². The van der Waals surface area contributed by atoms with Gasteiger partial charge in [-0.05, 0) is 42.3 Å². The summed E-state index contributed by atoms with van der Waals surface area (Å²) in [6, 6.07) is 7.74. The smallest absolute Gasteiger partial charge is 0.422 e. The molecule has 1 aromatic carbocycles. The van der Waals surface area contributed by atoms with E-state index < -0.39 is 29.2 Å². The highest BCUT2D eigenvalue weighted by Gasteiger charge is 2.59. The Morgan fingerprint density at radius 2 is 1.83 bits per heavy atom. The van der Waals surface area contributed by atoms with Gasteiger partial charge >= 0.3 is 12.1 Å². The number of hydrogen-bond acceptors (Lipinski definition) is 6. The van der Waals surface area contributed by atoms with Crippen LogP contribution in [0.5, 0.6) is 11.6 Å². The predicted molar refractivity (Wildman–Crippen MR) is 120 cm³/mol. The zero-order chi connectivity index (χ0) is 26.1. The summed E-state index contributed by atoms with van der Waals surface area (Å²) >= 11 is 12.3. The molecular formula is C23H16Cl2F3N3O4. The van der Waals surface area contributed by atoms with Gasteiger partial charge in [-0.25, -0.2) is 14.8 Å². The lowest BCUT2D eigenvalue weighted by atomic mass is 9.78. The van der Waals surface area contributed by atoms with Crippen molar-refractivity contribution in [3.05, 3.63) is 80.7 Å². The van der Waals surface area contributed by atoms with Crippen LogP contribution in [0, 0.1) is 18.3 Å². The van der Waals surface area contributed by atoms with E-state index in [0.29, 0.717) is 0 Å². The van der Waals surface area contributed by atoms with Crippen LogP contribution in [0.1, 0.15) is 45.6 Å². The van der Waals surface area contributed by atoms with E-state index in [1.807, 2.05) is 0 Å². The Balaban J connectivity index is 1.98. The summed E-state index contributed by atoms with van der Waals surface area (Å²) in [5.41, 5.74) is -4.01. The van der Waals surface area contributed by atoms with Gasteiger partial charge in [-0.1, -0.05) is 36.2 Å². The second-order valence-electron chi connectivity index (χ2n) is 7.59. The average molecular weight is 526 g/mol. The number of aromatic carboxylic acids is 1. The molecule has 35 heavy (non-hydrogen) atoms. The number of carboxylic acid groups (broad SMARTS) is 1. The molecule has 3 rings (SSSR count). The second-order valence-corrected chi connectivity index (χ2v) is 8.40. The molecule has 2 heterocycles. The van der Waals surface area contributed by atoms with Crippen LogP contribution < -0.4 is 4.74 Å². The molecule has 2 aromatic heterocycles. The van der Waals surface area contributed by atoms with Gasteiger partial charge in [-0.15, -0.1) is 0 Å². The van der Waals surface area contributed by atoms with Crippen LogP contribution in [-0.4, -0.2) is 32.3 Å². The molecule has 0 bridgehead atoms. The number of aryl methyl sites for hydroxylation is 1. The maximum Gasteiger partial charge on any atom is 0.422 e. The Morgan fingerprint density at radius 3 is 2.34 bits per heavy atom. The fourth-order valence-electron chi connectivity index (χ4n) is 3.44. The Bertz CT molecular complexity index is 1340. The number of nitrogens with zero attached hydrogens (tertiary/aromatic N) is 3. The van der Waals surface area contributed by atoms with E-state index in [1.54, 1.807) is 6.07 Å². The van der Waals surface area contributed by atoms with Gasteiger partial charge < -0.3 is 14.9 Å². The quantitative estimate of drug-likeness (QED) is 0.404. The van der Waals surface area contributed by atoms with Gasteiger partial charge in [0.2, 0.25) is 5.88 Å². The molecule has 7 nitrogen and oxygen atoms in total. The van der Waals surface area contributed by atoms with Crippen molar-refractivity contribution in [1.82, 2.24) is 9.97 Å². The second kappa shape index (κ2) is 9.70. The summed E-state index contributed by atoms with van der Waals surface area (Å²) in [7, 11) is 0. The zero-order valence-corrected chi connectivity index (χ0v) is 19.6. The van der Waals surface area contributed by atoms with Gasteiger partial charge in [0.25, 0.3) is 0 Å². The molecule has 3 aromatic rings. The van der Waals surface area contributed by atoms with E-state index in [9.17, 15) is 23.1 Å². The number of ether oxygens (including phenoxy) is 1. The van der Waals surface area contributed by atoms with Gasteiger partial charge in [0.15, 0.2) is 5.60 Å². The van der Waals surface area contributed by atoms with Gasteiger partial charge in [-0.2, -0.15) is 18.4 Å².